The van der Waals surface area contributed by atoms with Crippen LogP contribution in [-0.2, 0) is 4.79 Å². The molecule has 8 heteroatoms. The van der Waals surface area contributed by atoms with E-state index in [0.717, 1.165) is 38.5 Å². The first-order valence-electron chi connectivity index (χ1n) is 16.7. The van der Waals surface area contributed by atoms with Crippen molar-refractivity contribution in [1.82, 2.24) is 9.47 Å². The number of benzene rings is 1. The lowest BCUT2D eigenvalue weighted by atomic mass is 10.1. The fraction of sp³-hybridized carbons (Fsp3) is 0.629. The third kappa shape index (κ3) is 9.41. The summed E-state index contributed by atoms with van der Waals surface area (Å²) in [5.41, 5.74) is -0.0221. The molecule has 4 rings (SSSR count). The Labute approximate surface area is 255 Å². The lowest BCUT2D eigenvalue weighted by Crippen LogP contribution is -2.49. The van der Waals surface area contributed by atoms with E-state index in [-0.39, 0.29) is 22.9 Å². The molecule has 2 fully saturated rings. The molecular formula is C35H50FN3O4. The van der Waals surface area contributed by atoms with Crippen LogP contribution in [0.15, 0.2) is 35.3 Å². The molecule has 1 aromatic heterocycles. The number of aromatic carboxylic acids is 1. The lowest BCUT2D eigenvalue weighted by Gasteiger charge is -2.36. The molecular weight excluding hydrogens is 545 g/mol. The summed E-state index contributed by atoms with van der Waals surface area (Å²) in [6.45, 7) is 4.36. The van der Waals surface area contributed by atoms with Gasteiger partial charge in [-0.15, -0.1) is 0 Å². The molecule has 43 heavy (non-hydrogen) atoms. The van der Waals surface area contributed by atoms with Crippen LogP contribution in [0.1, 0.15) is 126 Å². The van der Waals surface area contributed by atoms with Crippen molar-refractivity contribution in [3.63, 3.8) is 0 Å². The van der Waals surface area contributed by atoms with Crippen molar-refractivity contribution in [3.05, 3.63) is 52.1 Å². The van der Waals surface area contributed by atoms with Crippen molar-refractivity contribution >= 4 is 28.5 Å². The molecule has 236 valence electrons. The average Bonchev–Trinajstić information content (AvgIpc) is 3.85. The summed E-state index contributed by atoms with van der Waals surface area (Å²) < 4.78 is 17.1. The van der Waals surface area contributed by atoms with E-state index in [1.54, 1.807) is 6.07 Å². The van der Waals surface area contributed by atoms with Gasteiger partial charge in [-0.3, -0.25) is 9.59 Å². The second kappa shape index (κ2) is 16.6. The predicted octanol–water partition coefficient (Wildman–Crippen LogP) is 7.86. The van der Waals surface area contributed by atoms with Crippen LogP contribution in [-0.4, -0.2) is 52.6 Å². The number of fused-ring (bicyclic) bond motifs is 1. The number of allylic oxidation sites excluding steroid dienone is 2. The number of hydrogen-bond donors (Lipinski definition) is 1. The summed E-state index contributed by atoms with van der Waals surface area (Å²) in [7, 11) is 0. The molecule has 0 radical (unpaired) electrons. The molecule has 7 nitrogen and oxygen atoms in total. The van der Waals surface area contributed by atoms with Crippen molar-refractivity contribution in [1.29, 1.82) is 0 Å². The maximum absolute atomic E-state index is 15.2. The zero-order chi connectivity index (χ0) is 30.6. The van der Waals surface area contributed by atoms with Crippen molar-refractivity contribution < 1.29 is 19.1 Å². The maximum atomic E-state index is 15.2. The van der Waals surface area contributed by atoms with Gasteiger partial charge in [0.05, 0.1) is 11.2 Å². The third-order valence-corrected chi connectivity index (χ3v) is 8.90. The number of carboxylic acid groups (broad SMARTS) is 1. The number of carbonyl (C=O) groups excluding carboxylic acids is 1. The number of rotatable bonds is 18. The number of piperazine rings is 1. The van der Waals surface area contributed by atoms with E-state index < -0.39 is 17.2 Å². The van der Waals surface area contributed by atoms with Gasteiger partial charge >= 0.3 is 5.97 Å². The van der Waals surface area contributed by atoms with Crippen molar-refractivity contribution in [2.24, 2.45) is 0 Å². The van der Waals surface area contributed by atoms with Crippen molar-refractivity contribution in [2.75, 3.05) is 31.1 Å². The summed E-state index contributed by atoms with van der Waals surface area (Å²) in [4.78, 5) is 41.0. The highest BCUT2D eigenvalue weighted by Crippen LogP contribution is 2.38. The van der Waals surface area contributed by atoms with E-state index in [9.17, 15) is 19.5 Å². The second-order valence-corrected chi connectivity index (χ2v) is 12.3. The molecule has 0 unspecified atom stereocenters. The van der Waals surface area contributed by atoms with Crippen LogP contribution < -0.4 is 10.3 Å². The fourth-order valence-corrected chi connectivity index (χ4v) is 6.11. The highest BCUT2D eigenvalue weighted by molar-refractivity contribution is 5.93. The largest absolute Gasteiger partial charge is 0.477 e. The van der Waals surface area contributed by atoms with Crippen molar-refractivity contribution in [3.8, 4) is 0 Å². The molecule has 1 aliphatic heterocycles. The Kier molecular flexibility index (Phi) is 12.7. The van der Waals surface area contributed by atoms with Gasteiger partial charge < -0.3 is 19.5 Å². The molecule has 2 aromatic rings. The SMILES string of the molecule is CCCCCCCC/C=C\CCCCCCCC(=O)N1CCN(c2cc3c(cc2F)c(=O)c(C(=O)O)cn3C2CC2)CC1. The van der Waals surface area contributed by atoms with E-state index in [0.29, 0.717) is 43.8 Å². The second-order valence-electron chi connectivity index (χ2n) is 12.3. The molecule has 1 amide bonds. The molecule has 1 N–H and O–H groups in total. The monoisotopic (exact) mass is 595 g/mol. The number of halogens is 1. The highest BCUT2D eigenvalue weighted by atomic mass is 19.1. The normalized spacial score (nSPS) is 15.6. The number of carbonyl (C=O) groups is 2. The smallest absolute Gasteiger partial charge is 0.341 e. The molecule has 0 atom stereocenters. The van der Waals surface area contributed by atoms with Gasteiger partial charge in [-0.2, -0.15) is 0 Å². The van der Waals surface area contributed by atoms with E-state index >= 15 is 4.39 Å². The minimum atomic E-state index is -1.30. The summed E-state index contributed by atoms with van der Waals surface area (Å²) in [5, 5.41) is 9.56. The van der Waals surface area contributed by atoms with Gasteiger partial charge in [-0.05, 0) is 57.1 Å². The number of pyridine rings is 1. The van der Waals surface area contributed by atoms with E-state index in [4.69, 9.17) is 0 Å². The van der Waals surface area contributed by atoms with Gasteiger partial charge in [0.2, 0.25) is 11.3 Å². The van der Waals surface area contributed by atoms with E-state index in [1.165, 1.54) is 70.1 Å². The minimum Gasteiger partial charge on any atom is -0.477 e. The third-order valence-electron chi connectivity index (χ3n) is 8.90. The molecule has 1 saturated heterocycles. The van der Waals surface area contributed by atoms with Crippen LogP contribution in [0.5, 0.6) is 0 Å². The van der Waals surface area contributed by atoms with Gasteiger partial charge in [0.15, 0.2) is 0 Å². The number of nitrogens with zero attached hydrogens (tertiary/aromatic N) is 3. The zero-order valence-electron chi connectivity index (χ0n) is 26.0. The Bertz CT molecular complexity index is 1310. The van der Waals surface area contributed by atoms with Gasteiger partial charge in [0, 0.05) is 50.2 Å². The standard InChI is InChI=1S/C35H50FN3O4/c1-2-3-4-5-6-7-8-9-10-11-12-13-14-15-16-17-33(40)38-22-20-37(21-23-38)32-25-31-28(24-30(32)36)34(41)29(35(42)43)26-39(31)27-18-19-27/h9-10,24-27H,2-8,11-23H2,1H3,(H,42,43)/b10-9-. The summed E-state index contributed by atoms with van der Waals surface area (Å²) in [6.07, 6.45) is 24.4. The van der Waals surface area contributed by atoms with Gasteiger partial charge in [0.1, 0.15) is 11.4 Å². The molecule has 1 aliphatic carbocycles. The number of carboxylic acids is 1. The predicted molar refractivity (Wildman–Crippen MR) is 172 cm³/mol. The van der Waals surface area contributed by atoms with Gasteiger partial charge in [-0.25, -0.2) is 9.18 Å². The van der Waals surface area contributed by atoms with Crippen LogP contribution in [0.2, 0.25) is 0 Å². The number of aromatic nitrogens is 1. The van der Waals surface area contributed by atoms with E-state index in [2.05, 4.69) is 19.1 Å². The number of hydrogen-bond acceptors (Lipinski definition) is 4. The van der Waals surface area contributed by atoms with Crippen LogP contribution in [0.25, 0.3) is 10.9 Å². The first kappa shape index (κ1) is 32.7. The summed E-state index contributed by atoms with van der Waals surface area (Å²) in [5.74, 6) is -1.67. The molecule has 0 spiro atoms. The topological polar surface area (TPSA) is 82.8 Å². The summed E-state index contributed by atoms with van der Waals surface area (Å²) >= 11 is 0. The molecule has 0 bridgehead atoms. The first-order valence-corrected chi connectivity index (χ1v) is 16.7. The van der Waals surface area contributed by atoms with E-state index in [1.807, 2.05) is 14.4 Å². The Morgan fingerprint density at radius 1 is 0.884 bits per heavy atom. The minimum absolute atomic E-state index is 0.0989. The van der Waals surface area contributed by atoms with Crippen LogP contribution >= 0.6 is 0 Å². The Hall–Kier alpha value is -3.16. The molecule has 1 saturated carbocycles. The Morgan fingerprint density at radius 3 is 2.09 bits per heavy atom. The molecule has 1 aromatic carbocycles. The number of unbranched alkanes of at least 4 members (excludes halogenated alkanes) is 11. The highest BCUT2D eigenvalue weighted by Gasteiger charge is 2.29. The maximum Gasteiger partial charge on any atom is 0.341 e. The average molecular weight is 596 g/mol. The van der Waals surface area contributed by atoms with Crippen LogP contribution in [0.4, 0.5) is 10.1 Å². The lowest BCUT2D eigenvalue weighted by molar-refractivity contribution is -0.131. The van der Waals surface area contributed by atoms with Gasteiger partial charge in [0.25, 0.3) is 0 Å². The quantitative estimate of drug-likeness (QED) is 0.140. The zero-order valence-corrected chi connectivity index (χ0v) is 26.0. The van der Waals surface area contributed by atoms with Crippen LogP contribution in [0.3, 0.4) is 0 Å². The first-order chi connectivity index (χ1) is 20.9. The fourth-order valence-electron chi connectivity index (χ4n) is 6.11. The molecule has 2 heterocycles. The Balaban J connectivity index is 1.15. The van der Waals surface area contributed by atoms with Gasteiger partial charge in [-0.1, -0.05) is 70.4 Å². The number of anilines is 1. The molecule has 2 aliphatic rings. The summed E-state index contributed by atoms with van der Waals surface area (Å²) in [6, 6.07) is 2.99. The Morgan fingerprint density at radius 2 is 1.49 bits per heavy atom. The van der Waals surface area contributed by atoms with Crippen molar-refractivity contribution in [2.45, 2.75) is 116 Å². The van der Waals surface area contributed by atoms with Crippen LogP contribution in [0, 0.1) is 5.82 Å². The number of amides is 1.